The highest BCUT2D eigenvalue weighted by Crippen LogP contribution is 2.45. The van der Waals surface area contributed by atoms with Gasteiger partial charge in [0.15, 0.2) is 0 Å². The van der Waals surface area contributed by atoms with Gasteiger partial charge in [-0.25, -0.2) is 13.8 Å². The summed E-state index contributed by atoms with van der Waals surface area (Å²) in [4.78, 5) is 27.6. The minimum atomic E-state index is -2.36. The summed E-state index contributed by atoms with van der Waals surface area (Å²) in [5.74, 6) is 5.83. The average molecular weight is 1050 g/mol. The van der Waals surface area contributed by atoms with E-state index in [1.54, 1.807) is 27.3 Å². The number of benzene rings is 3. The number of methoxy groups -OCH3 is 2. The van der Waals surface area contributed by atoms with E-state index in [1.807, 2.05) is 59.0 Å². The zero-order valence-corrected chi connectivity index (χ0v) is 46.7. The number of aromatic nitrogens is 5. The summed E-state index contributed by atoms with van der Waals surface area (Å²) < 4.78 is 57.8. The molecule has 0 aliphatic carbocycles. The van der Waals surface area contributed by atoms with E-state index >= 15 is 8.78 Å². The Morgan fingerprint density at radius 3 is 2.18 bits per heavy atom. The van der Waals surface area contributed by atoms with Crippen molar-refractivity contribution in [3.63, 3.8) is 0 Å². The fourth-order valence-electron chi connectivity index (χ4n) is 12.8. The molecular weight excluding hydrogens is 979 g/mol. The maximum Gasteiger partial charge on any atom is 0.320 e. The number of rotatable bonds is 15. The Kier molecular flexibility index (Phi) is 14.8. The Labute approximate surface area is 446 Å². The standard InChI is InChI=1S/C60H72F2N8O5Si/c1-38(2)76(39(3)4,40(5)6)29-23-47-49(62)21-16-43-30-50(69(32-41-12-17-45(72-9)18-13-41)33-42-14-19-46(73-10)20-15-42)64-53(51(43)47)54-55-48(22-25-63-54)52-56(67(55)8)65-58(66-57(52)68-27-28-74-36-59(7,71)35-68)75-37-60-24-11-26-70(60)34-44(61)31-60/h12-22,25,30,38-40,44,71H,11,24,26-28,31-37H2,1-10H3/t44-,59+,60+/m1/s1. The highest BCUT2D eigenvalue weighted by molar-refractivity contribution is 6.90. The Morgan fingerprint density at radius 1 is 0.868 bits per heavy atom. The third kappa shape index (κ3) is 9.95. The second kappa shape index (κ2) is 21.2. The molecule has 0 bridgehead atoms. The molecule has 10 rings (SSSR count). The molecule has 3 aliphatic rings. The highest BCUT2D eigenvalue weighted by atomic mass is 28.3. The lowest BCUT2D eigenvalue weighted by Crippen LogP contribution is -2.44. The van der Waals surface area contributed by atoms with Gasteiger partial charge in [0, 0.05) is 56.6 Å². The third-order valence-corrected chi connectivity index (χ3v) is 22.8. The number of halogens is 2. The van der Waals surface area contributed by atoms with Crippen molar-refractivity contribution in [2.45, 2.75) is 115 Å². The topological polar surface area (TPSA) is 123 Å². The van der Waals surface area contributed by atoms with Crippen molar-refractivity contribution in [3.05, 3.63) is 102 Å². The van der Waals surface area contributed by atoms with Gasteiger partial charge in [0.2, 0.25) is 0 Å². The molecule has 400 valence electrons. The van der Waals surface area contributed by atoms with Crippen molar-refractivity contribution >= 4 is 52.4 Å². The van der Waals surface area contributed by atoms with Gasteiger partial charge >= 0.3 is 6.01 Å². The Hall–Kier alpha value is -6.38. The SMILES string of the molecule is COc1ccc(CN(Cc2ccc(OC)cc2)c2cc3ccc(F)c(C#C[Si](C(C)C)(C(C)C)C(C)C)c3c(-c3nccc4c5c(N6CCOC[C@@](C)(O)C6)nc(OC[C@@]67CCCN6C[C@H](F)C7)nc5n(C)c34)n2)cc1. The van der Waals surface area contributed by atoms with Crippen LogP contribution >= 0.6 is 0 Å². The molecule has 76 heavy (non-hydrogen) atoms. The van der Waals surface area contributed by atoms with Gasteiger partial charge in [-0.3, -0.25) is 9.88 Å². The summed E-state index contributed by atoms with van der Waals surface area (Å²) in [5, 5.41) is 14.4. The number of aliphatic hydroxyl groups is 1. The molecule has 7 aromatic rings. The summed E-state index contributed by atoms with van der Waals surface area (Å²) >= 11 is 0. The lowest BCUT2D eigenvalue weighted by molar-refractivity contribution is -0.0123. The molecule has 3 aromatic carbocycles. The number of alkyl halides is 1. The number of fused-ring (bicyclic) bond motifs is 5. The summed E-state index contributed by atoms with van der Waals surface area (Å²) in [6, 6.07) is 23.5. The van der Waals surface area contributed by atoms with E-state index in [1.165, 1.54) is 6.07 Å². The molecule has 4 aromatic heterocycles. The van der Waals surface area contributed by atoms with Crippen LogP contribution < -0.4 is 24.0 Å². The van der Waals surface area contributed by atoms with E-state index in [0.29, 0.717) is 95.4 Å². The van der Waals surface area contributed by atoms with Crippen molar-refractivity contribution in [2.75, 3.05) is 70.0 Å². The first-order chi connectivity index (χ1) is 36.4. The number of anilines is 2. The summed E-state index contributed by atoms with van der Waals surface area (Å²) in [7, 11) is 2.90. The molecule has 3 atom stereocenters. The van der Waals surface area contributed by atoms with Crippen LogP contribution in [0.4, 0.5) is 20.4 Å². The molecule has 1 N–H and O–H groups in total. The number of hydrogen-bond donors (Lipinski definition) is 1. The molecule has 0 saturated carbocycles. The predicted molar refractivity (Wildman–Crippen MR) is 301 cm³/mol. The first-order valence-corrected chi connectivity index (χ1v) is 29.1. The molecule has 7 heterocycles. The monoisotopic (exact) mass is 1050 g/mol. The zero-order chi connectivity index (χ0) is 53.7. The van der Waals surface area contributed by atoms with Gasteiger partial charge in [0.1, 0.15) is 72.4 Å². The van der Waals surface area contributed by atoms with Crippen LogP contribution in [0.15, 0.2) is 79.0 Å². The van der Waals surface area contributed by atoms with E-state index in [-0.39, 0.29) is 31.3 Å². The predicted octanol–water partition coefficient (Wildman–Crippen LogP) is 11.2. The van der Waals surface area contributed by atoms with E-state index in [4.69, 9.17) is 38.9 Å². The van der Waals surface area contributed by atoms with Gasteiger partial charge in [-0.1, -0.05) is 77.8 Å². The lowest BCUT2D eigenvalue weighted by atomic mass is 9.95. The largest absolute Gasteiger partial charge is 0.497 e. The zero-order valence-electron chi connectivity index (χ0n) is 45.7. The minimum absolute atomic E-state index is 0.155. The number of aryl methyl sites for hydroxylation is 1. The Bertz CT molecular complexity index is 3250. The molecule has 0 amide bonds. The quantitative estimate of drug-likeness (QED) is 0.0777. The van der Waals surface area contributed by atoms with Gasteiger partial charge < -0.3 is 38.4 Å². The van der Waals surface area contributed by atoms with Crippen LogP contribution in [0.1, 0.15) is 84.4 Å². The maximum absolute atomic E-state index is 17.1. The number of β-amino-alcohol motifs (C(OH)–C–C–N with tert-alkyl or cyclic N) is 1. The van der Waals surface area contributed by atoms with Crippen LogP contribution in [0, 0.1) is 17.3 Å². The summed E-state index contributed by atoms with van der Waals surface area (Å²) in [6.07, 6.45) is 3.05. The van der Waals surface area contributed by atoms with Gasteiger partial charge in [0.25, 0.3) is 0 Å². The molecule has 3 saturated heterocycles. The average Bonchev–Trinajstić information content (AvgIpc) is 4.00. The van der Waals surface area contributed by atoms with Crippen LogP contribution in [0.5, 0.6) is 17.5 Å². The molecule has 16 heteroatoms. The molecule has 0 spiro atoms. The first kappa shape index (κ1) is 53.0. The van der Waals surface area contributed by atoms with E-state index in [9.17, 15) is 5.11 Å². The molecular formula is C60H72F2N8O5Si. The summed E-state index contributed by atoms with van der Waals surface area (Å²) in [5.41, 5.74) is 7.75. The molecule has 13 nitrogen and oxygen atoms in total. The fourth-order valence-corrected chi connectivity index (χ4v) is 18.0. The number of pyridine rings is 2. The van der Waals surface area contributed by atoms with Crippen LogP contribution in [-0.2, 0) is 24.9 Å². The molecule has 3 aliphatic heterocycles. The molecule has 0 unspecified atom stereocenters. The number of nitrogens with zero attached hydrogens (tertiary/aromatic N) is 8. The van der Waals surface area contributed by atoms with E-state index in [0.717, 1.165) is 58.2 Å². The van der Waals surface area contributed by atoms with Crippen molar-refractivity contribution < 1.29 is 32.8 Å². The van der Waals surface area contributed by atoms with Gasteiger partial charge in [0.05, 0.1) is 56.0 Å². The van der Waals surface area contributed by atoms with E-state index in [2.05, 4.69) is 87.1 Å². The number of ether oxygens (including phenoxy) is 4. The van der Waals surface area contributed by atoms with Crippen LogP contribution in [-0.4, -0.2) is 120 Å². The second-order valence-corrected chi connectivity index (χ2v) is 28.1. The minimum Gasteiger partial charge on any atom is -0.497 e. The van der Waals surface area contributed by atoms with Crippen molar-refractivity contribution in [1.29, 1.82) is 0 Å². The fraction of sp³-hybridized carbons (Fsp3) is 0.467. The summed E-state index contributed by atoms with van der Waals surface area (Å²) in [6.45, 7) is 18.9. The third-order valence-electron chi connectivity index (χ3n) is 16.5. The molecule has 0 radical (unpaired) electrons. The lowest BCUT2D eigenvalue weighted by Gasteiger charge is -2.38. The van der Waals surface area contributed by atoms with Crippen LogP contribution in [0.25, 0.3) is 44.1 Å². The van der Waals surface area contributed by atoms with Crippen molar-refractivity contribution in [3.8, 4) is 40.4 Å². The van der Waals surface area contributed by atoms with Gasteiger partial charge in [-0.15, -0.1) is 5.54 Å². The second-order valence-electron chi connectivity index (χ2n) is 22.5. The van der Waals surface area contributed by atoms with Crippen molar-refractivity contribution in [1.82, 2.24) is 29.4 Å². The highest BCUT2D eigenvalue weighted by Gasteiger charge is 2.49. The van der Waals surface area contributed by atoms with Crippen LogP contribution in [0.3, 0.4) is 0 Å². The van der Waals surface area contributed by atoms with Crippen LogP contribution in [0.2, 0.25) is 16.6 Å². The smallest absolute Gasteiger partial charge is 0.320 e. The maximum atomic E-state index is 17.1. The Balaban J connectivity index is 1.23. The van der Waals surface area contributed by atoms with Crippen molar-refractivity contribution in [2.24, 2.45) is 7.05 Å². The molecule has 3 fully saturated rings. The Morgan fingerprint density at radius 2 is 1.54 bits per heavy atom. The normalized spacial score (nSPS) is 20.2. The van der Waals surface area contributed by atoms with Gasteiger partial charge in [-0.2, -0.15) is 9.97 Å². The van der Waals surface area contributed by atoms with E-state index < -0.39 is 31.2 Å². The number of hydrogen-bond acceptors (Lipinski definition) is 12. The first-order valence-electron chi connectivity index (χ1n) is 26.8. The van der Waals surface area contributed by atoms with Gasteiger partial charge in [-0.05, 0) is 102 Å².